The number of nitrogens with two attached hydrogens (primary N) is 1. The van der Waals surface area contributed by atoms with Gasteiger partial charge < -0.3 is 10.6 Å². The number of likely N-dealkylation sites (tertiary alicyclic amines) is 1. The number of piperidine rings is 1. The Labute approximate surface area is 105 Å². The molecule has 1 saturated heterocycles. The lowest BCUT2D eigenvalue weighted by Crippen LogP contribution is -2.48. The first-order valence-corrected chi connectivity index (χ1v) is 6.70. The molecule has 6 heteroatoms. The molecule has 3 atom stereocenters. The molecule has 5 nitrogen and oxygen atoms in total. The van der Waals surface area contributed by atoms with Crippen LogP contribution in [0.4, 0.5) is 5.13 Å². The Balaban J connectivity index is 2.18. The van der Waals surface area contributed by atoms with Gasteiger partial charge in [0.25, 0.3) is 5.91 Å². The van der Waals surface area contributed by atoms with Crippen molar-refractivity contribution in [2.45, 2.75) is 33.2 Å². The second-order valence-electron chi connectivity index (χ2n) is 4.96. The van der Waals surface area contributed by atoms with Crippen molar-refractivity contribution >= 4 is 22.4 Å². The van der Waals surface area contributed by atoms with E-state index < -0.39 is 0 Å². The average Bonchev–Trinajstić information content (AvgIpc) is 2.69. The predicted molar refractivity (Wildman–Crippen MR) is 67.8 cm³/mol. The molecule has 1 aromatic rings. The number of carbonyl (C=O) groups excluding carboxylic acids is 1. The molecule has 2 rings (SSSR count). The van der Waals surface area contributed by atoms with Gasteiger partial charge in [0.05, 0.1) is 0 Å². The first kappa shape index (κ1) is 12.3. The fraction of sp³-hybridized carbons (Fsp3) is 0.727. The van der Waals surface area contributed by atoms with Crippen LogP contribution in [0.3, 0.4) is 0 Å². The fourth-order valence-electron chi connectivity index (χ4n) is 2.43. The Hall–Kier alpha value is -1.17. The van der Waals surface area contributed by atoms with Crippen LogP contribution in [0.1, 0.15) is 37.0 Å². The Bertz CT molecular complexity index is 419. The Morgan fingerprint density at radius 2 is 2.12 bits per heavy atom. The minimum atomic E-state index is -0.0369. The van der Waals surface area contributed by atoms with E-state index in [1.54, 1.807) is 0 Å². The molecule has 1 aromatic heterocycles. The number of rotatable bonds is 1. The third kappa shape index (κ3) is 2.41. The van der Waals surface area contributed by atoms with Gasteiger partial charge in [-0.1, -0.05) is 25.2 Å². The smallest absolute Gasteiger partial charge is 0.285 e. The SMILES string of the molecule is CC1CC(C)C(C)N(C(=O)c2nnc(N)s2)C1. The summed E-state index contributed by atoms with van der Waals surface area (Å²) in [4.78, 5) is 14.2. The Morgan fingerprint density at radius 1 is 1.41 bits per heavy atom. The van der Waals surface area contributed by atoms with Crippen LogP contribution in [-0.4, -0.2) is 33.6 Å². The number of nitrogens with zero attached hydrogens (tertiary/aromatic N) is 3. The van der Waals surface area contributed by atoms with Crippen LogP contribution in [0.5, 0.6) is 0 Å². The molecule has 1 aliphatic heterocycles. The molecule has 3 unspecified atom stereocenters. The highest BCUT2D eigenvalue weighted by Gasteiger charge is 2.33. The minimum Gasteiger partial charge on any atom is -0.374 e. The van der Waals surface area contributed by atoms with Crippen LogP contribution in [0.15, 0.2) is 0 Å². The lowest BCUT2D eigenvalue weighted by Gasteiger charge is -2.40. The van der Waals surface area contributed by atoms with Crippen molar-refractivity contribution in [3.8, 4) is 0 Å². The highest BCUT2D eigenvalue weighted by Crippen LogP contribution is 2.28. The fourth-order valence-corrected chi connectivity index (χ4v) is 2.99. The predicted octanol–water partition coefficient (Wildman–Crippen LogP) is 1.63. The highest BCUT2D eigenvalue weighted by atomic mass is 32.1. The van der Waals surface area contributed by atoms with Gasteiger partial charge in [-0.25, -0.2) is 0 Å². The van der Waals surface area contributed by atoms with Crippen molar-refractivity contribution in [3.63, 3.8) is 0 Å². The van der Waals surface area contributed by atoms with Crippen LogP contribution in [0.25, 0.3) is 0 Å². The van der Waals surface area contributed by atoms with Crippen LogP contribution in [0, 0.1) is 11.8 Å². The molecule has 2 heterocycles. The lowest BCUT2D eigenvalue weighted by atomic mass is 9.86. The molecule has 0 spiro atoms. The van der Waals surface area contributed by atoms with E-state index in [0.717, 1.165) is 17.9 Å². The van der Waals surface area contributed by atoms with Gasteiger partial charge in [-0.05, 0) is 25.2 Å². The summed E-state index contributed by atoms with van der Waals surface area (Å²) < 4.78 is 0. The third-order valence-electron chi connectivity index (χ3n) is 3.48. The Morgan fingerprint density at radius 3 is 2.71 bits per heavy atom. The highest BCUT2D eigenvalue weighted by molar-refractivity contribution is 7.16. The van der Waals surface area contributed by atoms with Gasteiger partial charge in [-0.15, -0.1) is 10.2 Å². The van der Waals surface area contributed by atoms with Crippen LogP contribution in [-0.2, 0) is 0 Å². The topological polar surface area (TPSA) is 72.1 Å². The summed E-state index contributed by atoms with van der Waals surface area (Å²) in [6, 6.07) is 0.254. The molecule has 17 heavy (non-hydrogen) atoms. The third-order valence-corrected chi connectivity index (χ3v) is 4.22. The maximum absolute atomic E-state index is 12.3. The minimum absolute atomic E-state index is 0.0369. The van der Waals surface area contributed by atoms with Crippen molar-refractivity contribution in [1.29, 1.82) is 0 Å². The summed E-state index contributed by atoms with van der Waals surface area (Å²) in [6.07, 6.45) is 1.17. The molecular formula is C11H18N4OS. The van der Waals surface area contributed by atoms with E-state index in [-0.39, 0.29) is 11.9 Å². The number of anilines is 1. The summed E-state index contributed by atoms with van der Waals surface area (Å²) in [6.45, 7) is 7.26. The van der Waals surface area contributed by atoms with Gasteiger partial charge in [0, 0.05) is 12.6 Å². The van der Waals surface area contributed by atoms with E-state index in [0.29, 0.717) is 22.0 Å². The van der Waals surface area contributed by atoms with E-state index in [9.17, 15) is 4.79 Å². The number of hydrogen-bond acceptors (Lipinski definition) is 5. The second-order valence-corrected chi connectivity index (χ2v) is 5.97. The zero-order valence-corrected chi connectivity index (χ0v) is 11.2. The van der Waals surface area contributed by atoms with Gasteiger partial charge in [0.15, 0.2) is 0 Å². The van der Waals surface area contributed by atoms with Crippen LogP contribution >= 0.6 is 11.3 Å². The molecule has 0 aromatic carbocycles. The van der Waals surface area contributed by atoms with Crippen molar-refractivity contribution < 1.29 is 4.79 Å². The van der Waals surface area contributed by atoms with E-state index in [1.807, 2.05) is 4.90 Å². The number of nitrogen functional groups attached to an aromatic ring is 1. The van der Waals surface area contributed by atoms with E-state index in [2.05, 4.69) is 31.0 Å². The lowest BCUT2D eigenvalue weighted by molar-refractivity contribution is 0.0454. The van der Waals surface area contributed by atoms with Gasteiger partial charge in [-0.2, -0.15) is 0 Å². The van der Waals surface area contributed by atoms with Crippen LogP contribution < -0.4 is 5.73 Å². The van der Waals surface area contributed by atoms with Gasteiger partial charge in [0.2, 0.25) is 10.1 Å². The Kier molecular flexibility index (Phi) is 3.33. The zero-order chi connectivity index (χ0) is 12.6. The maximum atomic E-state index is 12.3. The number of aromatic nitrogens is 2. The quantitative estimate of drug-likeness (QED) is 0.826. The number of amides is 1. The molecular weight excluding hydrogens is 236 g/mol. The molecule has 2 N–H and O–H groups in total. The molecule has 0 saturated carbocycles. The van der Waals surface area contributed by atoms with Crippen molar-refractivity contribution in [2.24, 2.45) is 11.8 Å². The largest absolute Gasteiger partial charge is 0.374 e. The summed E-state index contributed by atoms with van der Waals surface area (Å²) in [5.74, 6) is 1.02. The summed E-state index contributed by atoms with van der Waals surface area (Å²) in [5.41, 5.74) is 5.51. The second kappa shape index (κ2) is 4.60. The maximum Gasteiger partial charge on any atom is 0.285 e. The number of carbonyl (C=O) groups is 1. The summed E-state index contributed by atoms with van der Waals surface area (Å²) >= 11 is 1.16. The molecule has 0 bridgehead atoms. The van der Waals surface area contributed by atoms with Gasteiger partial charge >= 0.3 is 0 Å². The van der Waals surface area contributed by atoms with Crippen molar-refractivity contribution in [3.05, 3.63) is 5.01 Å². The van der Waals surface area contributed by atoms with Gasteiger partial charge in [0.1, 0.15) is 0 Å². The van der Waals surface area contributed by atoms with Crippen LogP contribution in [0.2, 0.25) is 0 Å². The van der Waals surface area contributed by atoms with E-state index in [1.165, 1.54) is 6.42 Å². The first-order chi connectivity index (χ1) is 7.99. The molecule has 94 valence electrons. The van der Waals surface area contributed by atoms with Crippen molar-refractivity contribution in [1.82, 2.24) is 15.1 Å². The molecule has 1 aliphatic rings. The van der Waals surface area contributed by atoms with E-state index >= 15 is 0 Å². The standard InChI is InChI=1S/C11H18N4OS/c1-6-4-7(2)8(3)15(5-6)10(16)9-13-14-11(12)17-9/h6-8H,4-5H2,1-3H3,(H2,12,14). The molecule has 1 amide bonds. The average molecular weight is 254 g/mol. The first-order valence-electron chi connectivity index (χ1n) is 5.89. The molecule has 0 radical (unpaired) electrons. The summed E-state index contributed by atoms with van der Waals surface area (Å²) in [7, 11) is 0. The number of hydrogen-bond donors (Lipinski definition) is 1. The molecule has 1 fully saturated rings. The molecule has 0 aliphatic carbocycles. The monoisotopic (exact) mass is 254 g/mol. The van der Waals surface area contributed by atoms with Gasteiger partial charge in [-0.3, -0.25) is 4.79 Å². The zero-order valence-electron chi connectivity index (χ0n) is 10.4. The van der Waals surface area contributed by atoms with Crippen molar-refractivity contribution in [2.75, 3.05) is 12.3 Å². The van der Waals surface area contributed by atoms with E-state index in [4.69, 9.17) is 5.73 Å². The summed E-state index contributed by atoms with van der Waals surface area (Å²) in [5, 5.41) is 8.27. The normalized spacial score (nSPS) is 29.4.